The Bertz CT molecular complexity index is 641. The van der Waals surface area contributed by atoms with Crippen LogP contribution in [0, 0.1) is 17.0 Å². The van der Waals surface area contributed by atoms with Gasteiger partial charge in [-0.3, -0.25) is 15.1 Å². The van der Waals surface area contributed by atoms with Crippen LogP contribution in [-0.4, -0.2) is 15.0 Å². The van der Waals surface area contributed by atoms with Gasteiger partial charge in [-0.15, -0.1) is 0 Å². The quantitative estimate of drug-likeness (QED) is 0.672. The molecule has 21 heavy (non-hydrogen) atoms. The van der Waals surface area contributed by atoms with Gasteiger partial charge in [0.2, 0.25) is 0 Å². The monoisotopic (exact) mass is 288 g/mol. The number of ether oxygens (including phenoxy) is 1. The fourth-order valence-corrected chi connectivity index (χ4v) is 1.90. The summed E-state index contributed by atoms with van der Waals surface area (Å²) in [5.74, 6) is 0.875. The Balaban J connectivity index is 2.22. The van der Waals surface area contributed by atoms with Gasteiger partial charge in [0, 0.05) is 6.07 Å². The van der Waals surface area contributed by atoms with Crippen LogP contribution >= 0.6 is 0 Å². The van der Waals surface area contributed by atoms with Crippen LogP contribution in [0.25, 0.3) is 0 Å². The second kappa shape index (κ2) is 6.32. The molecule has 0 amide bonds. The first-order chi connectivity index (χ1) is 10.0. The number of rotatable bonds is 5. The molecule has 2 aromatic rings. The van der Waals surface area contributed by atoms with E-state index in [4.69, 9.17) is 4.74 Å². The molecule has 0 aliphatic rings. The van der Waals surface area contributed by atoms with Crippen molar-refractivity contribution in [2.75, 3.05) is 0 Å². The molecule has 0 spiro atoms. The van der Waals surface area contributed by atoms with Gasteiger partial charge < -0.3 is 9.84 Å². The molecule has 0 fully saturated rings. The Morgan fingerprint density at radius 3 is 2.71 bits per heavy atom. The van der Waals surface area contributed by atoms with Crippen LogP contribution in [0.2, 0.25) is 0 Å². The normalized spacial score (nSPS) is 12.0. The van der Waals surface area contributed by atoms with Gasteiger partial charge in [-0.25, -0.2) is 0 Å². The van der Waals surface area contributed by atoms with Crippen molar-refractivity contribution >= 4 is 5.69 Å². The van der Waals surface area contributed by atoms with Gasteiger partial charge in [0.05, 0.1) is 28.5 Å². The van der Waals surface area contributed by atoms with Gasteiger partial charge in [-0.2, -0.15) is 0 Å². The number of aliphatic hydroxyl groups is 1. The minimum absolute atomic E-state index is 0.0125. The molecule has 2 rings (SSSR count). The summed E-state index contributed by atoms with van der Waals surface area (Å²) >= 11 is 0. The van der Waals surface area contributed by atoms with Crippen molar-refractivity contribution in [2.24, 2.45) is 0 Å². The Labute approximate surface area is 122 Å². The van der Waals surface area contributed by atoms with Gasteiger partial charge in [0.1, 0.15) is 11.5 Å². The van der Waals surface area contributed by atoms with E-state index in [1.165, 1.54) is 12.3 Å². The molecule has 0 aliphatic heterocycles. The summed E-state index contributed by atoms with van der Waals surface area (Å²) in [7, 11) is 0. The van der Waals surface area contributed by atoms with Crippen molar-refractivity contribution in [2.45, 2.75) is 26.4 Å². The molecule has 1 aromatic carbocycles. The third kappa shape index (κ3) is 3.35. The molecule has 0 aliphatic carbocycles. The summed E-state index contributed by atoms with van der Waals surface area (Å²) in [4.78, 5) is 14.6. The third-order valence-electron chi connectivity index (χ3n) is 3.17. The maximum atomic E-state index is 10.9. The van der Waals surface area contributed by atoms with E-state index in [0.717, 1.165) is 0 Å². The summed E-state index contributed by atoms with van der Waals surface area (Å²) in [5.41, 5.74) is 1.04. The average Bonchev–Trinajstić information content (AvgIpc) is 2.49. The van der Waals surface area contributed by atoms with Crippen LogP contribution in [0.15, 0.2) is 36.5 Å². The lowest BCUT2D eigenvalue weighted by atomic mass is 10.2. The maximum Gasteiger partial charge on any atom is 0.276 e. The zero-order valence-corrected chi connectivity index (χ0v) is 11.8. The number of pyridine rings is 1. The molecule has 0 saturated heterocycles. The summed E-state index contributed by atoms with van der Waals surface area (Å²) in [6, 6.07) is 8.02. The van der Waals surface area contributed by atoms with Crippen molar-refractivity contribution in [3.8, 4) is 11.5 Å². The number of aromatic nitrogens is 1. The SMILES string of the molecule is CCC(O)c1ccc(Oc2cccc([N+](=O)[O-])c2C)cn1. The topological polar surface area (TPSA) is 85.5 Å². The fourth-order valence-electron chi connectivity index (χ4n) is 1.90. The highest BCUT2D eigenvalue weighted by Crippen LogP contribution is 2.30. The minimum atomic E-state index is -0.599. The highest BCUT2D eigenvalue weighted by molar-refractivity contribution is 5.49. The first-order valence-corrected chi connectivity index (χ1v) is 6.58. The Kier molecular flexibility index (Phi) is 4.49. The van der Waals surface area contributed by atoms with E-state index in [0.29, 0.717) is 29.2 Å². The molecule has 1 atom stereocenters. The number of nitro groups is 1. The number of nitrogens with zero attached hydrogens (tertiary/aromatic N) is 2. The van der Waals surface area contributed by atoms with Crippen molar-refractivity contribution in [1.29, 1.82) is 0 Å². The standard InChI is InChI=1S/C15H16N2O4/c1-3-14(18)12-8-7-11(9-16-12)21-15-6-4-5-13(10(15)2)17(19)20/h4-9,14,18H,3H2,1-2H3. The lowest BCUT2D eigenvalue weighted by Crippen LogP contribution is -1.99. The lowest BCUT2D eigenvalue weighted by molar-refractivity contribution is -0.385. The molecular formula is C15H16N2O4. The van der Waals surface area contributed by atoms with Crippen LogP contribution in [0.4, 0.5) is 5.69 Å². The van der Waals surface area contributed by atoms with E-state index < -0.39 is 11.0 Å². The first kappa shape index (κ1) is 14.9. The molecule has 110 valence electrons. The van der Waals surface area contributed by atoms with Gasteiger partial charge >= 0.3 is 0 Å². The zero-order chi connectivity index (χ0) is 15.4. The van der Waals surface area contributed by atoms with E-state index in [-0.39, 0.29) is 5.69 Å². The van der Waals surface area contributed by atoms with Gasteiger partial charge in [-0.05, 0) is 31.5 Å². The molecule has 6 heteroatoms. The fraction of sp³-hybridized carbons (Fsp3) is 0.267. The average molecular weight is 288 g/mol. The lowest BCUT2D eigenvalue weighted by Gasteiger charge is -2.10. The largest absolute Gasteiger partial charge is 0.455 e. The number of aliphatic hydroxyl groups excluding tert-OH is 1. The molecule has 1 aromatic heterocycles. The van der Waals surface area contributed by atoms with Gasteiger partial charge in [-0.1, -0.05) is 13.0 Å². The summed E-state index contributed by atoms with van der Waals surface area (Å²) in [5, 5.41) is 20.6. The number of nitro benzene ring substituents is 1. The van der Waals surface area contributed by atoms with Crippen LogP contribution in [0.3, 0.4) is 0 Å². The van der Waals surface area contributed by atoms with E-state index in [2.05, 4.69) is 4.98 Å². The van der Waals surface area contributed by atoms with Crippen LogP contribution in [0.1, 0.15) is 30.7 Å². The third-order valence-corrected chi connectivity index (χ3v) is 3.17. The molecule has 1 heterocycles. The second-order valence-corrected chi connectivity index (χ2v) is 4.60. The minimum Gasteiger partial charge on any atom is -0.455 e. The Morgan fingerprint density at radius 1 is 1.38 bits per heavy atom. The molecule has 6 nitrogen and oxygen atoms in total. The predicted molar refractivity (Wildman–Crippen MR) is 77.4 cm³/mol. The number of hydrogen-bond acceptors (Lipinski definition) is 5. The van der Waals surface area contributed by atoms with Crippen molar-refractivity contribution < 1.29 is 14.8 Å². The maximum absolute atomic E-state index is 10.9. The molecule has 0 bridgehead atoms. The smallest absolute Gasteiger partial charge is 0.276 e. The summed E-state index contributed by atoms with van der Waals surface area (Å²) in [6.07, 6.45) is 1.47. The van der Waals surface area contributed by atoms with Crippen molar-refractivity contribution in [3.05, 3.63) is 57.9 Å². The number of hydrogen-bond donors (Lipinski definition) is 1. The summed E-state index contributed by atoms with van der Waals surface area (Å²) < 4.78 is 5.62. The zero-order valence-electron chi connectivity index (χ0n) is 11.8. The molecule has 0 saturated carbocycles. The summed E-state index contributed by atoms with van der Waals surface area (Å²) in [6.45, 7) is 3.50. The second-order valence-electron chi connectivity index (χ2n) is 4.60. The van der Waals surface area contributed by atoms with Crippen LogP contribution < -0.4 is 4.74 Å². The van der Waals surface area contributed by atoms with Gasteiger partial charge in [0.25, 0.3) is 5.69 Å². The van der Waals surface area contributed by atoms with E-state index in [1.54, 1.807) is 31.2 Å². The molecule has 0 radical (unpaired) electrons. The predicted octanol–water partition coefficient (Wildman–Crippen LogP) is 3.53. The first-order valence-electron chi connectivity index (χ1n) is 6.58. The highest BCUT2D eigenvalue weighted by atomic mass is 16.6. The molecule has 1 N–H and O–H groups in total. The number of benzene rings is 1. The Hall–Kier alpha value is -2.47. The highest BCUT2D eigenvalue weighted by Gasteiger charge is 2.15. The molecule has 1 unspecified atom stereocenters. The Morgan fingerprint density at radius 2 is 2.14 bits per heavy atom. The van der Waals surface area contributed by atoms with E-state index in [1.807, 2.05) is 6.92 Å². The van der Waals surface area contributed by atoms with Gasteiger partial charge in [0.15, 0.2) is 0 Å². The van der Waals surface area contributed by atoms with Crippen LogP contribution in [0.5, 0.6) is 11.5 Å². The molecular weight excluding hydrogens is 272 g/mol. The van der Waals surface area contributed by atoms with E-state index in [9.17, 15) is 15.2 Å². The van der Waals surface area contributed by atoms with E-state index >= 15 is 0 Å². The van der Waals surface area contributed by atoms with Crippen molar-refractivity contribution in [3.63, 3.8) is 0 Å². The van der Waals surface area contributed by atoms with Crippen molar-refractivity contribution in [1.82, 2.24) is 4.98 Å². The van der Waals surface area contributed by atoms with Crippen LogP contribution in [-0.2, 0) is 0 Å².